The highest BCUT2D eigenvalue weighted by molar-refractivity contribution is 6.29. The summed E-state index contributed by atoms with van der Waals surface area (Å²) in [6.07, 6.45) is 1.71. The number of morpholine rings is 1. The number of aryl methyl sites for hydroxylation is 2. The molecule has 30 heavy (non-hydrogen) atoms. The van der Waals surface area contributed by atoms with Gasteiger partial charge in [-0.25, -0.2) is 4.90 Å². The van der Waals surface area contributed by atoms with Crippen molar-refractivity contribution < 1.29 is 14.3 Å². The van der Waals surface area contributed by atoms with Gasteiger partial charge in [-0.05, 0) is 48.7 Å². The quantitative estimate of drug-likeness (QED) is 0.567. The molecule has 6 nitrogen and oxygen atoms in total. The summed E-state index contributed by atoms with van der Waals surface area (Å²) in [6, 6.07) is 13.0. The molecular formula is C24H27N3O3. The van der Waals surface area contributed by atoms with Crippen LogP contribution in [0.2, 0.25) is 0 Å². The van der Waals surface area contributed by atoms with E-state index in [4.69, 9.17) is 4.74 Å². The number of benzene rings is 2. The van der Waals surface area contributed by atoms with Crippen molar-refractivity contribution in [1.29, 1.82) is 0 Å². The van der Waals surface area contributed by atoms with Gasteiger partial charge in [0.25, 0.3) is 5.91 Å². The first-order valence-electron chi connectivity index (χ1n) is 10.4. The SMILES string of the molecule is Cc1ccc(N2C(=O)c3ccccc3[C@H](C=NCCN3CCOCC3)C2=O)cc1C. The average molecular weight is 405 g/mol. The van der Waals surface area contributed by atoms with Crippen LogP contribution in [-0.4, -0.2) is 62.3 Å². The molecule has 0 spiro atoms. The second-order valence-electron chi connectivity index (χ2n) is 7.82. The van der Waals surface area contributed by atoms with Gasteiger partial charge in [0.15, 0.2) is 0 Å². The predicted molar refractivity (Wildman–Crippen MR) is 118 cm³/mol. The zero-order valence-electron chi connectivity index (χ0n) is 17.5. The maximum Gasteiger partial charge on any atom is 0.265 e. The van der Waals surface area contributed by atoms with Crippen LogP contribution in [0.15, 0.2) is 47.5 Å². The van der Waals surface area contributed by atoms with Crippen LogP contribution >= 0.6 is 0 Å². The first-order valence-corrected chi connectivity index (χ1v) is 10.4. The number of carbonyl (C=O) groups is 2. The van der Waals surface area contributed by atoms with Gasteiger partial charge < -0.3 is 4.74 Å². The number of rotatable bonds is 5. The Balaban J connectivity index is 1.59. The number of hydrogen-bond donors (Lipinski definition) is 0. The number of amides is 2. The number of nitrogens with zero attached hydrogens (tertiary/aromatic N) is 3. The highest BCUT2D eigenvalue weighted by Gasteiger charge is 2.38. The molecule has 4 rings (SSSR count). The van der Waals surface area contributed by atoms with E-state index in [0.29, 0.717) is 17.8 Å². The van der Waals surface area contributed by atoms with Crippen LogP contribution in [-0.2, 0) is 9.53 Å². The van der Waals surface area contributed by atoms with Crippen LogP contribution in [0.3, 0.4) is 0 Å². The summed E-state index contributed by atoms with van der Waals surface area (Å²) in [5.74, 6) is -1.10. The smallest absolute Gasteiger partial charge is 0.265 e. The van der Waals surface area contributed by atoms with Crippen molar-refractivity contribution in [1.82, 2.24) is 4.90 Å². The first-order chi connectivity index (χ1) is 14.6. The standard InChI is InChI=1S/C24H27N3O3/c1-17-7-8-19(15-18(17)2)27-23(28)21-6-4-3-5-20(21)22(24(27)29)16-25-9-10-26-11-13-30-14-12-26/h3-8,15-16,22H,9-14H2,1-2H3/t22-/m0/s1. The van der Waals surface area contributed by atoms with E-state index >= 15 is 0 Å². The van der Waals surface area contributed by atoms with Crippen molar-refractivity contribution in [3.63, 3.8) is 0 Å². The molecule has 0 radical (unpaired) electrons. The molecule has 2 aliphatic heterocycles. The number of ether oxygens (including phenoxy) is 1. The molecular weight excluding hydrogens is 378 g/mol. The summed E-state index contributed by atoms with van der Waals surface area (Å²) in [4.78, 5) is 34.7. The van der Waals surface area contributed by atoms with E-state index in [0.717, 1.165) is 49.5 Å². The monoisotopic (exact) mass is 405 g/mol. The number of carbonyl (C=O) groups excluding carboxylic acids is 2. The molecule has 0 aliphatic carbocycles. The lowest BCUT2D eigenvalue weighted by Gasteiger charge is -2.31. The highest BCUT2D eigenvalue weighted by Crippen LogP contribution is 2.32. The van der Waals surface area contributed by atoms with Gasteiger partial charge in [-0.3, -0.25) is 19.5 Å². The van der Waals surface area contributed by atoms with Crippen LogP contribution < -0.4 is 4.90 Å². The molecule has 1 fully saturated rings. The van der Waals surface area contributed by atoms with Crippen LogP contribution in [0.1, 0.15) is 33.0 Å². The number of hydrogen-bond acceptors (Lipinski definition) is 5. The lowest BCUT2D eigenvalue weighted by atomic mass is 9.88. The van der Waals surface area contributed by atoms with Gasteiger partial charge in [0.1, 0.15) is 0 Å². The zero-order chi connectivity index (χ0) is 21.1. The predicted octanol–water partition coefficient (Wildman–Crippen LogP) is 2.98. The molecule has 1 atom stereocenters. The summed E-state index contributed by atoms with van der Waals surface area (Å²) in [6.45, 7) is 8.78. The van der Waals surface area contributed by atoms with E-state index in [2.05, 4.69) is 9.89 Å². The van der Waals surface area contributed by atoms with E-state index in [9.17, 15) is 9.59 Å². The number of anilines is 1. The fourth-order valence-corrected chi connectivity index (χ4v) is 3.91. The Labute approximate surface area is 177 Å². The number of aliphatic imine (C=N–C) groups is 1. The third-order valence-corrected chi connectivity index (χ3v) is 5.87. The molecule has 6 heteroatoms. The molecule has 0 bridgehead atoms. The van der Waals surface area contributed by atoms with Crippen LogP contribution in [0.25, 0.3) is 0 Å². The fraction of sp³-hybridized carbons (Fsp3) is 0.375. The number of imide groups is 1. The summed E-state index contributed by atoms with van der Waals surface area (Å²) < 4.78 is 5.37. The lowest BCUT2D eigenvalue weighted by molar-refractivity contribution is -0.118. The Bertz CT molecular complexity index is 979. The Morgan fingerprint density at radius 2 is 1.83 bits per heavy atom. The maximum absolute atomic E-state index is 13.4. The molecule has 0 N–H and O–H groups in total. The Morgan fingerprint density at radius 1 is 1.07 bits per heavy atom. The normalized spacial score (nSPS) is 20.1. The summed E-state index contributed by atoms with van der Waals surface area (Å²) in [5.41, 5.74) is 4.05. The van der Waals surface area contributed by atoms with E-state index in [-0.39, 0.29) is 11.8 Å². The molecule has 2 amide bonds. The molecule has 2 aliphatic rings. The average Bonchev–Trinajstić information content (AvgIpc) is 2.76. The minimum absolute atomic E-state index is 0.253. The molecule has 0 unspecified atom stereocenters. The van der Waals surface area contributed by atoms with Gasteiger partial charge in [0.05, 0.1) is 31.4 Å². The first kappa shape index (κ1) is 20.4. The van der Waals surface area contributed by atoms with Gasteiger partial charge in [0.2, 0.25) is 5.91 Å². The summed E-state index contributed by atoms with van der Waals surface area (Å²) in [5, 5.41) is 0. The molecule has 2 aromatic rings. The topological polar surface area (TPSA) is 62.2 Å². The van der Waals surface area contributed by atoms with Crippen LogP contribution in [0.5, 0.6) is 0 Å². The van der Waals surface area contributed by atoms with Crippen molar-refractivity contribution in [2.75, 3.05) is 44.3 Å². The molecule has 2 heterocycles. The zero-order valence-corrected chi connectivity index (χ0v) is 17.5. The largest absolute Gasteiger partial charge is 0.379 e. The Hall–Kier alpha value is -2.83. The van der Waals surface area contributed by atoms with Crippen LogP contribution in [0, 0.1) is 13.8 Å². The van der Waals surface area contributed by atoms with Crippen molar-refractivity contribution in [3.05, 3.63) is 64.7 Å². The second kappa shape index (κ2) is 8.90. The molecule has 156 valence electrons. The molecule has 1 saturated heterocycles. The van der Waals surface area contributed by atoms with E-state index in [1.807, 2.05) is 50.2 Å². The fourth-order valence-electron chi connectivity index (χ4n) is 3.91. The Kier molecular flexibility index (Phi) is 6.06. The van der Waals surface area contributed by atoms with E-state index in [1.54, 1.807) is 12.3 Å². The molecule has 0 aromatic heterocycles. The highest BCUT2D eigenvalue weighted by atomic mass is 16.5. The van der Waals surface area contributed by atoms with Crippen molar-refractivity contribution >= 4 is 23.7 Å². The minimum atomic E-state index is -0.565. The van der Waals surface area contributed by atoms with Crippen molar-refractivity contribution in [2.24, 2.45) is 4.99 Å². The summed E-state index contributed by atoms with van der Waals surface area (Å²) >= 11 is 0. The molecule has 0 saturated carbocycles. The van der Waals surface area contributed by atoms with Gasteiger partial charge in [-0.2, -0.15) is 0 Å². The summed E-state index contributed by atoms with van der Waals surface area (Å²) in [7, 11) is 0. The Morgan fingerprint density at radius 3 is 2.60 bits per heavy atom. The van der Waals surface area contributed by atoms with Gasteiger partial charge in [-0.1, -0.05) is 24.3 Å². The third kappa shape index (κ3) is 4.06. The minimum Gasteiger partial charge on any atom is -0.379 e. The number of fused-ring (bicyclic) bond motifs is 1. The van der Waals surface area contributed by atoms with E-state index in [1.165, 1.54) is 4.90 Å². The van der Waals surface area contributed by atoms with E-state index < -0.39 is 5.92 Å². The van der Waals surface area contributed by atoms with Gasteiger partial charge in [-0.15, -0.1) is 0 Å². The second-order valence-corrected chi connectivity index (χ2v) is 7.82. The lowest BCUT2D eigenvalue weighted by Crippen LogP contribution is -2.45. The van der Waals surface area contributed by atoms with Gasteiger partial charge >= 0.3 is 0 Å². The van der Waals surface area contributed by atoms with Crippen LogP contribution in [0.4, 0.5) is 5.69 Å². The molecule has 2 aromatic carbocycles. The third-order valence-electron chi connectivity index (χ3n) is 5.87. The van der Waals surface area contributed by atoms with Crippen molar-refractivity contribution in [2.45, 2.75) is 19.8 Å². The maximum atomic E-state index is 13.4. The van der Waals surface area contributed by atoms with Crippen molar-refractivity contribution in [3.8, 4) is 0 Å². The van der Waals surface area contributed by atoms with Gasteiger partial charge in [0, 0.05) is 31.4 Å².